The highest BCUT2D eigenvalue weighted by Gasteiger charge is 2.30. The fraction of sp³-hybridized carbons (Fsp3) is 0.0938. The fourth-order valence-corrected chi connectivity index (χ4v) is 5.21. The number of hydrogen-bond donors (Lipinski definition) is 1. The van der Waals surface area contributed by atoms with Gasteiger partial charge in [-0.15, -0.1) is 0 Å². The van der Waals surface area contributed by atoms with Crippen LogP contribution >= 0.6 is 0 Å². The Morgan fingerprint density at radius 2 is 1.27 bits per heavy atom. The lowest BCUT2D eigenvalue weighted by Crippen LogP contribution is -2.29. The highest BCUT2D eigenvalue weighted by Crippen LogP contribution is 2.34. The maximum Gasteiger partial charge on any atom is 0.416 e. The van der Waals surface area contributed by atoms with Gasteiger partial charge in [-0.3, -0.25) is 4.79 Å². The summed E-state index contributed by atoms with van der Waals surface area (Å²) in [6.45, 7) is 2.11. The van der Waals surface area contributed by atoms with Crippen molar-refractivity contribution in [2.45, 2.75) is 24.4 Å². The largest absolute Gasteiger partial charge is 0.416 e. The van der Waals surface area contributed by atoms with E-state index in [1.165, 1.54) is 11.6 Å². The monoisotopic (exact) mass is 561 g/mol. The number of nitrogens with one attached hydrogen (secondary N) is 1. The molecule has 0 spiro atoms. The van der Waals surface area contributed by atoms with E-state index in [9.17, 15) is 26.4 Å². The zero-order valence-electron chi connectivity index (χ0n) is 21.5. The summed E-state index contributed by atoms with van der Waals surface area (Å²) < 4.78 is 64.9. The van der Waals surface area contributed by atoms with Gasteiger partial charge in [-0.25, -0.2) is 13.1 Å². The van der Waals surface area contributed by atoms with Crippen LogP contribution in [0.25, 0.3) is 17.2 Å². The molecule has 1 N–H and O–H groups in total. The summed E-state index contributed by atoms with van der Waals surface area (Å²) in [6, 6.07) is 30.6. The molecule has 4 aromatic rings. The molecule has 0 unspecified atom stereocenters. The Morgan fingerprint density at radius 3 is 1.80 bits per heavy atom. The molecule has 0 aliphatic heterocycles. The first kappa shape index (κ1) is 28.6. The SMILES string of the molecule is CCC(=C(c1ccccc1)c1ccc(C=CC(=O)NS(=O)(=O)c2ccc(C(F)(F)F)cc2)cc1)c1ccccc1. The second kappa shape index (κ2) is 12.2. The normalized spacial score (nSPS) is 12.7. The summed E-state index contributed by atoms with van der Waals surface area (Å²) >= 11 is 0. The number of allylic oxidation sites excluding steroid dienone is 1. The number of carbonyl (C=O) groups is 1. The summed E-state index contributed by atoms with van der Waals surface area (Å²) in [5.74, 6) is -0.925. The van der Waals surface area contributed by atoms with Gasteiger partial charge in [0.25, 0.3) is 15.9 Å². The van der Waals surface area contributed by atoms with E-state index in [0.29, 0.717) is 17.7 Å². The molecule has 0 saturated carbocycles. The molecule has 204 valence electrons. The minimum Gasteiger partial charge on any atom is -0.269 e. The van der Waals surface area contributed by atoms with Gasteiger partial charge >= 0.3 is 6.18 Å². The van der Waals surface area contributed by atoms with E-state index in [4.69, 9.17) is 0 Å². The molecule has 0 saturated heterocycles. The van der Waals surface area contributed by atoms with E-state index in [1.807, 2.05) is 65.4 Å². The smallest absolute Gasteiger partial charge is 0.269 e. The Balaban J connectivity index is 1.55. The van der Waals surface area contributed by atoms with E-state index < -0.39 is 32.6 Å². The Kier molecular flexibility index (Phi) is 8.70. The highest BCUT2D eigenvalue weighted by atomic mass is 32.2. The van der Waals surface area contributed by atoms with Gasteiger partial charge in [0.15, 0.2) is 0 Å². The van der Waals surface area contributed by atoms with Crippen LogP contribution in [-0.4, -0.2) is 14.3 Å². The lowest BCUT2D eigenvalue weighted by molar-refractivity contribution is -0.137. The number of sulfonamides is 1. The first-order valence-electron chi connectivity index (χ1n) is 12.4. The quantitative estimate of drug-likeness (QED) is 0.178. The Labute approximate surface area is 231 Å². The van der Waals surface area contributed by atoms with Gasteiger partial charge in [-0.2, -0.15) is 13.2 Å². The minimum atomic E-state index is -4.60. The van der Waals surface area contributed by atoms with Crippen molar-refractivity contribution in [2.24, 2.45) is 0 Å². The summed E-state index contributed by atoms with van der Waals surface area (Å²) in [6.07, 6.45) is -1.26. The van der Waals surface area contributed by atoms with Crippen LogP contribution in [0.4, 0.5) is 13.2 Å². The van der Waals surface area contributed by atoms with Gasteiger partial charge in [0.1, 0.15) is 0 Å². The van der Waals surface area contributed by atoms with Gasteiger partial charge in [0.2, 0.25) is 0 Å². The lowest BCUT2D eigenvalue weighted by atomic mass is 9.88. The Hall–Kier alpha value is -4.43. The minimum absolute atomic E-state index is 0.447. The van der Waals surface area contributed by atoms with Gasteiger partial charge < -0.3 is 0 Å². The first-order valence-corrected chi connectivity index (χ1v) is 13.9. The molecule has 0 bridgehead atoms. The average Bonchev–Trinajstić information content (AvgIpc) is 2.95. The van der Waals surface area contributed by atoms with Crippen molar-refractivity contribution in [1.29, 1.82) is 0 Å². The highest BCUT2D eigenvalue weighted by molar-refractivity contribution is 7.90. The second-order valence-electron chi connectivity index (χ2n) is 8.89. The molecule has 0 aliphatic carbocycles. The Morgan fingerprint density at radius 1 is 0.750 bits per heavy atom. The zero-order chi connectivity index (χ0) is 28.8. The third kappa shape index (κ3) is 6.95. The van der Waals surface area contributed by atoms with Crippen LogP contribution in [-0.2, 0) is 21.0 Å². The second-order valence-corrected chi connectivity index (χ2v) is 10.6. The van der Waals surface area contributed by atoms with Gasteiger partial charge in [0, 0.05) is 6.08 Å². The molecule has 4 rings (SSSR count). The van der Waals surface area contributed by atoms with Crippen LogP contribution in [0.3, 0.4) is 0 Å². The van der Waals surface area contributed by atoms with E-state index in [0.717, 1.165) is 46.9 Å². The number of rotatable bonds is 8. The zero-order valence-corrected chi connectivity index (χ0v) is 22.3. The maximum atomic E-state index is 12.7. The van der Waals surface area contributed by atoms with Crippen LogP contribution in [0, 0.1) is 0 Å². The van der Waals surface area contributed by atoms with Crippen molar-refractivity contribution >= 4 is 33.2 Å². The fourth-order valence-electron chi connectivity index (χ4n) is 4.27. The molecule has 0 atom stereocenters. The number of halogens is 3. The number of alkyl halides is 3. The Bertz CT molecular complexity index is 1630. The molecule has 0 heterocycles. The van der Waals surface area contributed by atoms with Gasteiger partial charge in [-0.1, -0.05) is 91.9 Å². The van der Waals surface area contributed by atoms with E-state index in [-0.39, 0.29) is 0 Å². The van der Waals surface area contributed by atoms with Crippen LogP contribution in [0.2, 0.25) is 0 Å². The van der Waals surface area contributed by atoms with Crippen molar-refractivity contribution < 1.29 is 26.4 Å². The molecule has 4 nitrogen and oxygen atoms in total. The lowest BCUT2D eigenvalue weighted by Gasteiger charge is -2.16. The van der Waals surface area contributed by atoms with Crippen molar-refractivity contribution in [3.05, 3.63) is 143 Å². The third-order valence-corrected chi connectivity index (χ3v) is 7.56. The number of amides is 1. The standard InChI is InChI=1S/C32H26F3NO3S/c1-2-29(24-9-5-3-6-10-24)31(25-11-7-4-8-12-25)26-16-13-23(14-17-26)15-22-30(37)36-40(38,39)28-20-18-27(19-21-28)32(33,34)35/h3-22H,2H2,1H3,(H,36,37). The van der Waals surface area contributed by atoms with Crippen molar-refractivity contribution in [3.8, 4) is 0 Å². The number of benzene rings is 4. The number of carbonyl (C=O) groups excluding carboxylic acids is 1. The van der Waals surface area contributed by atoms with Crippen LogP contribution in [0.5, 0.6) is 0 Å². The molecule has 0 fully saturated rings. The van der Waals surface area contributed by atoms with Crippen LogP contribution in [0.15, 0.2) is 120 Å². The van der Waals surface area contributed by atoms with E-state index in [2.05, 4.69) is 31.2 Å². The van der Waals surface area contributed by atoms with Crippen LogP contribution < -0.4 is 4.72 Å². The summed E-state index contributed by atoms with van der Waals surface area (Å²) in [7, 11) is -4.34. The van der Waals surface area contributed by atoms with Crippen molar-refractivity contribution in [2.75, 3.05) is 0 Å². The van der Waals surface area contributed by atoms with Crippen molar-refractivity contribution in [1.82, 2.24) is 4.72 Å². The molecule has 0 aromatic heterocycles. The molecular formula is C32H26F3NO3S. The summed E-state index contributed by atoms with van der Waals surface area (Å²) in [4.78, 5) is 11.9. The predicted molar refractivity (Wildman–Crippen MR) is 151 cm³/mol. The molecule has 4 aromatic carbocycles. The molecule has 1 amide bonds. The third-order valence-electron chi connectivity index (χ3n) is 6.19. The van der Waals surface area contributed by atoms with Crippen LogP contribution in [0.1, 0.15) is 41.2 Å². The molecule has 8 heteroatoms. The van der Waals surface area contributed by atoms with Gasteiger partial charge in [-0.05, 0) is 70.2 Å². The first-order chi connectivity index (χ1) is 19.1. The topological polar surface area (TPSA) is 63.2 Å². The molecule has 0 radical (unpaired) electrons. The van der Waals surface area contributed by atoms with E-state index in [1.54, 1.807) is 0 Å². The molecular weight excluding hydrogens is 535 g/mol. The van der Waals surface area contributed by atoms with E-state index >= 15 is 0 Å². The maximum absolute atomic E-state index is 12.7. The summed E-state index contributed by atoms with van der Waals surface area (Å²) in [5, 5.41) is 0. The summed E-state index contributed by atoms with van der Waals surface area (Å²) in [5.41, 5.74) is 5.13. The van der Waals surface area contributed by atoms with Crippen molar-refractivity contribution in [3.63, 3.8) is 0 Å². The molecule has 0 aliphatic rings. The van der Waals surface area contributed by atoms with Gasteiger partial charge in [0.05, 0.1) is 10.5 Å². The molecule has 40 heavy (non-hydrogen) atoms. The number of hydrogen-bond acceptors (Lipinski definition) is 3. The predicted octanol–water partition coefficient (Wildman–Crippen LogP) is 7.59. The average molecular weight is 562 g/mol.